The Hall–Kier alpha value is -1.22. The summed E-state index contributed by atoms with van der Waals surface area (Å²) in [5.74, 6) is -0.990. The van der Waals surface area contributed by atoms with Crippen molar-refractivity contribution >= 4 is 11.9 Å². The van der Waals surface area contributed by atoms with Gasteiger partial charge in [-0.3, -0.25) is 9.59 Å². The molecule has 12 atom stereocenters. The number of aliphatic hydroxyl groups is 4. The second-order valence-electron chi connectivity index (χ2n) is 12.4. The third kappa shape index (κ3) is 4.18. The maximum absolute atomic E-state index is 12.1. The predicted molar refractivity (Wildman–Crippen MR) is 124 cm³/mol. The van der Waals surface area contributed by atoms with Crippen LogP contribution in [-0.4, -0.2) is 68.4 Å². The van der Waals surface area contributed by atoms with Gasteiger partial charge in [0.25, 0.3) is 0 Å². The van der Waals surface area contributed by atoms with Crippen molar-refractivity contribution in [2.24, 2.45) is 46.3 Å². The molecule has 6 N–H and O–H groups in total. The molecule has 1 amide bonds. The van der Waals surface area contributed by atoms with Crippen molar-refractivity contribution in [3.8, 4) is 0 Å². The summed E-state index contributed by atoms with van der Waals surface area (Å²) in [6, 6.07) is 0. The number of aliphatic hydroxyl groups excluding tert-OH is 4. The molecule has 0 saturated heterocycles. The van der Waals surface area contributed by atoms with Crippen LogP contribution in [0.1, 0.15) is 72.1 Å². The van der Waals surface area contributed by atoms with Crippen LogP contribution in [0, 0.1) is 46.3 Å². The van der Waals surface area contributed by atoms with Crippen molar-refractivity contribution in [3.63, 3.8) is 0 Å². The van der Waals surface area contributed by atoms with Crippen molar-refractivity contribution in [1.82, 2.24) is 5.32 Å². The summed E-state index contributed by atoms with van der Waals surface area (Å²) in [6.07, 6.45) is 3.23. The minimum atomic E-state index is -1.29. The van der Waals surface area contributed by atoms with Crippen LogP contribution in [-0.2, 0) is 9.59 Å². The molecule has 0 aromatic carbocycles. The number of carboxylic acid groups (broad SMARTS) is 1. The molecule has 0 aromatic rings. The Bertz CT molecular complexity index is 791. The first kappa shape index (κ1) is 25.9. The van der Waals surface area contributed by atoms with Crippen molar-refractivity contribution in [2.75, 3.05) is 6.54 Å². The quantitative estimate of drug-likeness (QED) is 0.337. The maximum Gasteiger partial charge on any atom is 0.322 e. The van der Waals surface area contributed by atoms with E-state index in [1.807, 2.05) is 6.92 Å². The molecule has 4 saturated carbocycles. The van der Waals surface area contributed by atoms with Gasteiger partial charge in [-0.05, 0) is 97.7 Å². The van der Waals surface area contributed by atoms with E-state index in [0.29, 0.717) is 12.8 Å². The normalized spacial score (nSPS) is 47.6. The van der Waals surface area contributed by atoms with Crippen LogP contribution in [0.5, 0.6) is 0 Å². The van der Waals surface area contributed by atoms with Crippen molar-refractivity contribution < 1.29 is 35.1 Å². The van der Waals surface area contributed by atoms with E-state index < -0.39 is 42.1 Å². The smallest absolute Gasteiger partial charge is 0.322 e. The molecule has 0 radical (unpaired) electrons. The molecule has 4 fully saturated rings. The van der Waals surface area contributed by atoms with Crippen LogP contribution >= 0.6 is 0 Å². The molecule has 4 aliphatic rings. The molecule has 0 aromatic heterocycles. The fraction of sp³-hybridized carbons (Fsp3) is 0.923. The van der Waals surface area contributed by atoms with Crippen LogP contribution in [0.3, 0.4) is 0 Å². The Kier molecular flexibility index (Phi) is 7.10. The van der Waals surface area contributed by atoms with Gasteiger partial charge >= 0.3 is 5.97 Å². The van der Waals surface area contributed by atoms with Crippen LogP contribution in [0.4, 0.5) is 0 Å². The molecule has 4 rings (SSSR count). The number of fused-ring (bicyclic) bond motifs is 5. The third-order valence-electron chi connectivity index (χ3n) is 10.8. The SMILES string of the molecule is C[C@H](CC(O)C(=O)NCC(=O)O)[C@H]1CC[C@H]2[C@@H]3[C@H](O)CC4C[C@H](O)CC[C@]4(C)[C@H]3C[C@H](O)[C@]12C. The Morgan fingerprint density at radius 2 is 1.74 bits per heavy atom. The maximum atomic E-state index is 12.1. The standard InChI is InChI=1S/C26H43NO7/c1-13(8-20(30)24(34)27-12-22(32)33)16-4-5-17-23-18(11-21(31)26(16,17)3)25(2)7-6-15(28)9-14(25)10-19(23)29/h13-21,23,28-31H,4-12H2,1-3H3,(H,27,34)(H,32,33)/t13-,14?,15-,16-,17+,18+,19-,20?,21+,23+,25+,26-/m1/s1. The van der Waals surface area contributed by atoms with Gasteiger partial charge in [0.2, 0.25) is 5.91 Å². The first-order valence-electron chi connectivity index (χ1n) is 13.1. The molecule has 4 aliphatic carbocycles. The van der Waals surface area contributed by atoms with Gasteiger partial charge in [0.15, 0.2) is 0 Å². The minimum Gasteiger partial charge on any atom is -0.480 e. The average molecular weight is 482 g/mol. The molecule has 34 heavy (non-hydrogen) atoms. The first-order valence-corrected chi connectivity index (χ1v) is 13.1. The summed E-state index contributed by atoms with van der Waals surface area (Å²) in [4.78, 5) is 22.8. The highest BCUT2D eigenvalue weighted by molar-refractivity contribution is 5.84. The highest BCUT2D eigenvalue weighted by Crippen LogP contribution is 2.68. The number of carboxylic acids is 1. The molecule has 8 nitrogen and oxygen atoms in total. The second-order valence-corrected chi connectivity index (χ2v) is 12.4. The van der Waals surface area contributed by atoms with Gasteiger partial charge in [-0.2, -0.15) is 0 Å². The van der Waals surface area contributed by atoms with Gasteiger partial charge in [-0.1, -0.05) is 20.8 Å². The topological polar surface area (TPSA) is 147 Å². The molecule has 2 unspecified atom stereocenters. The summed E-state index contributed by atoms with van der Waals surface area (Å²) in [6.45, 7) is 5.92. The van der Waals surface area contributed by atoms with Gasteiger partial charge < -0.3 is 30.8 Å². The largest absolute Gasteiger partial charge is 0.480 e. The van der Waals surface area contributed by atoms with E-state index in [1.54, 1.807) is 0 Å². The number of hydrogen-bond acceptors (Lipinski definition) is 6. The zero-order chi connectivity index (χ0) is 25.0. The van der Waals surface area contributed by atoms with Crippen LogP contribution in [0.15, 0.2) is 0 Å². The van der Waals surface area contributed by atoms with Crippen LogP contribution < -0.4 is 5.32 Å². The number of nitrogens with one attached hydrogen (secondary N) is 1. The molecule has 0 aliphatic heterocycles. The highest BCUT2D eigenvalue weighted by atomic mass is 16.4. The molecule has 8 heteroatoms. The van der Waals surface area contributed by atoms with Crippen molar-refractivity contribution in [1.29, 1.82) is 0 Å². The van der Waals surface area contributed by atoms with Crippen molar-refractivity contribution in [3.05, 3.63) is 0 Å². The lowest BCUT2D eigenvalue weighted by atomic mass is 9.43. The molecular formula is C26H43NO7. The van der Waals surface area contributed by atoms with Gasteiger partial charge in [-0.25, -0.2) is 0 Å². The summed E-state index contributed by atoms with van der Waals surface area (Å²) >= 11 is 0. The lowest BCUT2D eigenvalue weighted by molar-refractivity contribution is -0.207. The molecule has 0 heterocycles. The molecule has 194 valence electrons. The fourth-order valence-electron chi connectivity index (χ4n) is 9.04. The van der Waals surface area contributed by atoms with E-state index >= 15 is 0 Å². The number of carbonyl (C=O) groups is 2. The Morgan fingerprint density at radius 3 is 2.41 bits per heavy atom. The summed E-state index contributed by atoms with van der Waals surface area (Å²) < 4.78 is 0. The average Bonchev–Trinajstić information content (AvgIpc) is 3.12. The van der Waals surface area contributed by atoms with Gasteiger partial charge in [-0.15, -0.1) is 0 Å². The molecule has 0 spiro atoms. The van der Waals surface area contributed by atoms with Crippen LogP contribution in [0.2, 0.25) is 0 Å². The van der Waals surface area contributed by atoms with E-state index in [9.17, 15) is 30.0 Å². The predicted octanol–water partition coefficient (Wildman–Crippen LogP) is 1.54. The summed E-state index contributed by atoms with van der Waals surface area (Å²) in [7, 11) is 0. The summed E-state index contributed by atoms with van der Waals surface area (Å²) in [5.41, 5.74) is -0.385. The zero-order valence-electron chi connectivity index (χ0n) is 20.7. The first-order chi connectivity index (χ1) is 15.9. The number of amides is 1. The highest BCUT2D eigenvalue weighted by Gasteiger charge is 2.65. The Balaban J connectivity index is 1.51. The monoisotopic (exact) mass is 481 g/mol. The zero-order valence-corrected chi connectivity index (χ0v) is 20.7. The number of rotatable bonds is 6. The number of aliphatic carboxylic acids is 1. The van der Waals surface area contributed by atoms with Gasteiger partial charge in [0.1, 0.15) is 12.6 Å². The lowest BCUT2D eigenvalue weighted by Gasteiger charge is -2.63. The van der Waals surface area contributed by atoms with E-state index in [0.717, 1.165) is 32.1 Å². The molecular weight excluding hydrogens is 438 g/mol. The summed E-state index contributed by atoms with van der Waals surface area (Å²) in [5, 5.41) is 54.6. The van der Waals surface area contributed by atoms with E-state index in [2.05, 4.69) is 19.2 Å². The van der Waals surface area contributed by atoms with Crippen LogP contribution in [0.25, 0.3) is 0 Å². The Labute approximate surface area is 202 Å². The third-order valence-corrected chi connectivity index (χ3v) is 10.8. The molecule has 0 bridgehead atoms. The Morgan fingerprint density at radius 1 is 1.03 bits per heavy atom. The lowest BCUT2D eigenvalue weighted by Crippen LogP contribution is -2.62. The van der Waals surface area contributed by atoms with E-state index in [-0.39, 0.29) is 53.4 Å². The van der Waals surface area contributed by atoms with E-state index in [4.69, 9.17) is 5.11 Å². The minimum absolute atomic E-state index is 0.0214. The van der Waals surface area contributed by atoms with Crippen molar-refractivity contribution in [2.45, 2.75) is 96.6 Å². The fourth-order valence-corrected chi connectivity index (χ4v) is 9.04. The van der Waals surface area contributed by atoms with E-state index in [1.165, 1.54) is 0 Å². The van der Waals surface area contributed by atoms with Gasteiger partial charge in [0.05, 0.1) is 18.3 Å². The second kappa shape index (κ2) is 9.34. The number of carbonyl (C=O) groups excluding carboxylic acids is 1. The number of hydrogen-bond donors (Lipinski definition) is 6. The van der Waals surface area contributed by atoms with Gasteiger partial charge in [0, 0.05) is 0 Å².